The number of pyridine rings is 1. The summed E-state index contributed by atoms with van der Waals surface area (Å²) >= 11 is 12.1. The van der Waals surface area contributed by atoms with Crippen LogP contribution in [0.4, 0.5) is 13.2 Å². The van der Waals surface area contributed by atoms with Gasteiger partial charge in [-0.05, 0) is 55.8 Å². The van der Waals surface area contributed by atoms with Gasteiger partial charge in [0.15, 0.2) is 17.5 Å². The van der Waals surface area contributed by atoms with Gasteiger partial charge in [0.1, 0.15) is 18.9 Å². The number of hydrogen-bond donors (Lipinski definition) is 2. The van der Waals surface area contributed by atoms with Crippen molar-refractivity contribution in [3.63, 3.8) is 0 Å². The first kappa shape index (κ1) is 27.8. The van der Waals surface area contributed by atoms with Gasteiger partial charge in [-0.2, -0.15) is 13.2 Å². The highest BCUT2D eigenvalue weighted by molar-refractivity contribution is 6.32. The van der Waals surface area contributed by atoms with Crippen LogP contribution in [0.15, 0.2) is 53.7 Å². The van der Waals surface area contributed by atoms with Crippen LogP contribution in [0.2, 0.25) is 10.0 Å². The Morgan fingerprint density at radius 3 is 2.60 bits per heavy atom. The van der Waals surface area contributed by atoms with Crippen molar-refractivity contribution in [2.24, 2.45) is 0 Å². The summed E-state index contributed by atoms with van der Waals surface area (Å²) in [6.45, 7) is -0.610. The quantitative estimate of drug-likeness (QED) is 0.321. The molecule has 1 saturated heterocycles. The highest BCUT2D eigenvalue weighted by Crippen LogP contribution is 2.25. The number of hydrogen-bond acceptors (Lipinski definition) is 7. The molecule has 0 bridgehead atoms. The lowest BCUT2D eigenvalue weighted by Gasteiger charge is -2.24. The van der Waals surface area contributed by atoms with Crippen molar-refractivity contribution in [3.8, 4) is 17.2 Å². The maximum atomic E-state index is 14.1. The fourth-order valence-corrected chi connectivity index (χ4v) is 4.60. The molecule has 0 spiro atoms. The van der Waals surface area contributed by atoms with Gasteiger partial charge in [-0.3, -0.25) is 9.36 Å². The van der Waals surface area contributed by atoms with Crippen LogP contribution in [0, 0.1) is 0 Å². The summed E-state index contributed by atoms with van der Waals surface area (Å²) < 4.78 is 45.4. The van der Waals surface area contributed by atoms with Crippen molar-refractivity contribution >= 4 is 29.1 Å². The summed E-state index contributed by atoms with van der Waals surface area (Å²) in [7, 11) is 0. The molecule has 1 amide bonds. The van der Waals surface area contributed by atoms with E-state index in [1.54, 1.807) is 12.1 Å². The molecule has 1 fully saturated rings. The summed E-state index contributed by atoms with van der Waals surface area (Å²) in [6.07, 6.45) is -0.870. The Hall–Kier alpha value is -3.75. The van der Waals surface area contributed by atoms with Gasteiger partial charge >= 0.3 is 11.9 Å². The number of aromatic nitrogens is 7. The standard InChI is InChI=1S/C24H22Cl2F3N9O2/c25-15-7-5-14(6-8-15)20-35-37(12-19-32-13-38(34-19)21-16(26)3-1-10-31-21)23(40)36(20)11-18(24(27,28)29)33-22(39)17-4-2-9-30-17/h1,3,5-8,10,13,17-18,30H,2,4,9,11-12H2,(H,33,39). The van der Waals surface area contributed by atoms with Crippen molar-refractivity contribution in [2.75, 3.05) is 6.54 Å². The van der Waals surface area contributed by atoms with Crippen LogP contribution in [0.25, 0.3) is 17.2 Å². The summed E-state index contributed by atoms with van der Waals surface area (Å²) in [5, 5.41) is 14.2. The zero-order valence-electron chi connectivity index (χ0n) is 20.6. The van der Waals surface area contributed by atoms with Gasteiger partial charge in [0.2, 0.25) is 5.91 Å². The number of carbonyl (C=O) groups is 1. The Morgan fingerprint density at radius 2 is 1.93 bits per heavy atom. The van der Waals surface area contributed by atoms with Crippen LogP contribution in [0.3, 0.4) is 0 Å². The third-order valence-electron chi connectivity index (χ3n) is 6.27. The number of carbonyl (C=O) groups excluding carboxylic acids is 1. The van der Waals surface area contributed by atoms with Gasteiger partial charge in [0, 0.05) is 16.8 Å². The van der Waals surface area contributed by atoms with Crippen LogP contribution >= 0.6 is 23.2 Å². The second kappa shape index (κ2) is 11.4. The van der Waals surface area contributed by atoms with E-state index in [1.807, 2.05) is 0 Å². The minimum Gasteiger partial charge on any atom is -0.342 e. The highest BCUT2D eigenvalue weighted by Gasteiger charge is 2.43. The molecule has 0 radical (unpaired) electrons. The maximum absolute atomic E-state index is 14.1. The number of nitrogens with zero attached hydrogens (tertiary/aromatic N) is 7. The van der Waals surface area contributed by atoms with Crippen molar-refractivity contribution in [1.29, 1.82) is 0 Å². The second-order valence-electron chi connectivity index (χ2n) is 9.05. The van der Waals surface area contributed by atoms with E-state index in [0.717, 1.165) is 9.25 Å². The van der Waals surface area contributed by atoms with E-state index in [2.05, 4.69) is 30.8 Å². The molecule has 1 aromatic carbocycles. The van der Waals surface area contributed by atoms with Crippen molar-refractivity contribution in [2.45, 2.75) is 44.2 Å². The van der Waals surface area contributed by atoms with Crippen LogP contribution in [-0.2, 0) is 17.9 Å². The number of nitrogens with one attached hydrogen (secondary N) is 2. The van der Waals surface area contributed by atoms with Gasteiger partial charge in [-0.25, -0.2) is 24.1 Å². The first-order valence-electron chi connectivity index (χ1n) is 12.2. The summed E-state index contributed by atoms with van der Waals surface area (Å²) in [4.78, 5) is 34.3. The fraction of sp³-hybridized carbons (Fsp3) is 0.333. The van der Waals surface area contributed by atoms with E-state index in [0.29, 0.717) is 40.8 Å². The summed E-state index contributed by atoms with van der Waals surface area (Å²) in [6, 6.07) is 6.32. The summed E-state index contributed by atoms with van der Waals surface area (Å²) in [5.41, 5.74) is -0.497. The topological polar surface area (TPSA) is 125 Å². The van der Waals surface area contributed by atoms with Crippen LogP contribution < -0.4 is 16.3 Å². The molecule has 11 nitrogen and oxygen atoms in total. The lowest BCUT2D eigenvalue weighted by molar-refractivity contribution is -0.164. The first-order valence-corrected chi connectivity index (χ1v) is 12.9. The average Bonchev–Trinajstić information content (AvgIpc) is 3.67. The highest BCUT2D eigenvalue weighted by atomic mass is 35.5. The van der Waals surface area contributed by atoms with E-state index < -0.39 is 36.4 Å². The number of amides is 1. The van der Waals surface area contributed by atoms with E-state index in [-0.39, 0.29) is 18.2 Å². The van der Waals surface area contributed by atoms with Crippen molar-refractivity contribution < 1.29 is 18.0 Å². The molecule has 3 aromatic heterocycles. The zero-order chi connectivity index (χ0) is 28.4. The molecule has 16 heteroatoms. The lowest BCUT2D eigenvalue weighted by Crippen LogP contribution is -2.53. The molecular weight excluding hydrogens is 574 g/mol. The van der Waals surface area contributed by atoms with Crippen molar-refractivity contribution in [1.82, 2.24) is 44.7 Å². The molecule has 4 heterocycles. The number of benzene rings is 1. The Balaban J connectivity index is 1.48. The van der Waals surface area contributed by atoms with Crippen molar-refractivity contribution in [3.05, 3.63) is 75.3 Å². The molecule has 5 rings (SSSR count). The SMILES string of the molecule is O=C(NC(Cn1c(-c2ccc(Cl)cc2)nn(Cc2ncn(-c3ncccc3Cl)n2)c1=O)C(F)(F)F)C1CCCN1. The third-order valence-corrected chi connectivity index (χ3v) is 6.81. The number of alkyl halides is 3. The zero-order valence-corrected chi connectivity index (χ0v) is 22.2. The van der Waals surface area contributed by atoms with Gasteiger partial charge in [0.05, 0.1) is 17.6 Å². The predicted molar refractivity (Wildman–Crippen MR) is 139 cm³/mol. The molecule has 2 N–H and O–H groups in total. The molecule has 1 aliphatic rings. The molecular formula is C24H22Cl2F3N9O2. The Kier molecular flexibility index (Phi) is 7.92. The summed E-state index contributed by atoms with van der Waals surface area (Å²) in [5.74, 6) is -0.375. The smallest absolute Gasteiger partial charge is 0.342 e. The fourth-order valence-electron chi connectivity index (χ4n) is 4.27. The van der Waals surface area contributed by atoms with E-state index in [9.17, 15) is 22.8 Å². The Labute approximate surface area is 234 Å². The van der Waals surface area contributed by atoms with Crippen LogP contribution in [-0.4, -0.2) is 64.8 Å². The molecule has 1 aliphatic heterocycles. The van der Waals surface area contributed by atoms with Gasteiger partial charge in [-0.15, -0.1) is 10.2 Å². The number of halogens is 5. The van der Waals surface area contributed by atoms with E-state index >= 15 is 0 Å². The number of rotatable bonds is 8. The molecule has 40 heavy (non-hydrogen) atoms. The predicted octanol–water partition coefficient (Wildman–Crippen LogP) is 2.84. The van der Waals surface area contributed by atoms with Gasteiger partial charge in [0.25, 0.3) is 0 Å². The average molecular weight is 596 g/mol. The molecule has 2 atom stereocenters. The Morgan fingerprint density at radius 1 is 1.15 bits per heavy atom. The third kappa shape index (κ3) is 6.03. The van der Waals surface area contributed by atoms with Gasteiger partial charge in [-0.1, -0.05) is 23.2 Å². The molecule has 0 saturated carbocycles. The normalized spacial score (nSPS) is 16.3. The van der Waals surface area contributed by atoms with Crippen LogP contribution in [0.1, 0.15) is 18.7 Å². The monoisotopic (exact) mass is 595 g/mol. The van der Waals surface area contributed by atoms with E-state index in [1.165, 1.54) is 41.5 Å². The van der Waals surface area contributed by atoms with Gasteiger partial charge < -0.3 is 10.6 Å². The minimum atomic E-state index is -4.84. The first-order chi connectivity index (χ1) is 19.1. The van der Waals surface area contributed by atoms with Crippen LogP contribution in [0.5, 0.6) is 0 Å². The largest absolute Gasteiger partial charge is 0.410 e. The molecule has 2 unspecified atom stereocenters. The second-order valence-corrected chi connectivity index (χ2v) is 9.89. The molecule has 4 aromatic rings. The van der Waals surface area contributed by atoms with E-state index in [4.69, 9.17) is 23.2 Å². The Bertz CT molecular complexity index is 1560. The minimum absolute atomic E-state index is 0.0450. The molecule has 0 aliphatic carbocycles. The lowest BCUT2D eigenvalue weighted by atomic mass is 10.1. The molecule has 210 valence electrons. The maximum Gasteiger partial charge on any atom is 0.410 e.